The quantitative estimate of drug-likeness (QED) is 0.714. The van der Waals surface area contributed by atoms with Crippen molar-refractivity contribution in [2.24, 2.45) is 5.73 Å². The van der Waals surface area contributed by atoms with Gasteiger partial charge in [0, 0.05) is 16.8 Å². The Labute approximate surface area is 144 Å². The minimum Gasteiger partial charge on any atom is -0.490 e. The first-order valence-electron chi connectivity index (χ1n) is 7.58. The van der Waals surface area contributed by atoms with Gasteiger partial charge >= 0.3 is 0 Å². The van der Waals surface area contributed by atoms with E-state index < -0.39 is 5.91 Å². The average molecular weight is 342 g/mol. The second-order valence-electron chi connectivity index (χ2n) is 5.04. The Morgan fingerprint density at radius 3 is 2.40 bits per heavy atom. The minimum absolute atomic E-state index is 0.238. The molecule has 3 N–H and O–H groups in total. The Balaban J connectivity index is 1.97. The van der Waals surface area contributed by atoms with Gasteiger partial charge in [0.15, 0.2) is 18.1 Å². The summed E-state index contributed by atoms with van der Waals surface area (Å²) in [6.45, 7) is 1.97. The molecule has 2 amide bonds. The lowest BCUT2D eigenvalue weighted by atomic mass is 10.2. The number of ether oxygens (including phenoxy) is 2. The molecule has 0 atom stereocenters. The van der Waals surface area contributed by atoms with Crippen LogP contribution >= 0.6 is 0 Å². The molecule has 0 fully saturated rings. The van der Waals surface area contributed by atoms with Crippen LogP contribution in [0.1, 0.15) is 27.6 Å². The van der Waals surface area contributed by atoms with Crippen LogP contribution in [0.5, 0.6) is 11.5 Å². The molecule has 0 spiro atoms. The Morgan fingerprint density at radius 2 is 1.80 bits per heavy atom. The molecule has 0 unspecified atom stereocenters. The lowest BCUT2D eigenvalue weighted by Crippen LogP contribution is -2.20. The molecule has 0 radical (unpaired) electrons. The number of nitrogens with two attached hydrogens (primary N) is 1. The summed E-state index contributed by atoms with van der Waals surface area (Å²) in [4.78, 5) is 33.8. The topological polar surface area (TPSA) is 108 Å². The van der Waals surface area contributed by atoms with Crippen molar-refractivity contribution >= 4 is 23.8 Å². The SMILES string of the molecule is CCOc1cc(C=O)ccc1OCC(=O)Nc1ccc(C(N)=O)cc1. The molecule has 0 aliphatic rings. The summed E-state index contributed by atoms with van der Waals surface area (Å²) in [5, 5.41) is 2.64. The maximum atomic E-state index is 12.0. The molecule has 0 bridgehead atoms. The highest BCUT2D eigenvalue weighted by Crippen LogP contribution is 2.28. The van der Waals surface area contributed by atoms with Crippen molar-refractivity contribution in [2.75, 3.05) is 18.5 Å². The fourth-order valence-electron chi connectivity index (χ4n) is 2.04. The fourth-order valence-corrected chi connectivity index (χ4v) is 2.04. The zero-order chi connectivity index (χ0) is 18.2. The highest BCUT2D eigenvalue weighted by atomic mass is 16.5. The van der Waals surface area contributed by atoms with Crippen molar-refractivity contribution < 1.29 is 23.9 Å². The van der Waals surface area contributed by atoms with E-state index in [0.29, 0.717) is 41.2 Å². The third kappa shape index (κ3) is 5.07. The number of hydrogen-bond donors (Lipinski definition) is 2. The van der Waals surface area contributed by atoms with E-state index in [2.05, 4.69) is 5.32 Å². The number of benzene rings is 2. The second-order valence-corrected chi connectivity index (χ2v) is 5.04. The van der Waals surface area contributed by atoms with Gasteiger partial charge < -0.3 is 20.5 Å². The molecular formula is C18H18N2O5. The molecular weight excluding hydrogens is 324 g/mol. The van der Waals surface area contributed by atoms with E-state index in [1.54, 1.807) is 37.3 Å². The number of nitrogens with one attached hydrogen (secondary N) is 1. The van der Waals surface area contributed by atoms with Crippen molar-refractivity contribution in [3.63, 3.8) is 0 Å². The van der Waals surface area contributed by atoms with Gasteiger partial charge in [0.25, 0.3) is 5.91 Å². The van der Waals surface area contributed by atoms with E-state index in [4.69, 9.17) is 15.2 Å². The van der Waals surface area contributed by atoms with Crippen molar-refractivity contribution in [3.05, 3.63) is 53.6 Å². The van der Waals surface area contributed by atoms with Crippen molar-refractivity contribution in [3.8, 4) is 11.5 Å². The van der Waals surface area contributed by atoms with Crippen LogP contribution in [-0.4, -0.2) is 31.3 Å². The first-order valence-corrected chi connectivity index (χ1v) is 7.58. The molecule has 0 aromatic heterocycles. The first-order chi connectivity index (χ1) is 12.0. The Kier molecular flexibility index (Phi) is 6.11. The number of amides is 2. The van der Waals surface area contributed by atoms with E-state index in [0.717, 1.165) is 0 Å². The molecule has 0 saturated carbocycles. The summed E-state index contributed by atoms with van der Waals surface area (Å²) in [7, 11) is 0. The van der Waals surface area contributed by atoms with E-state index in [1.165, 1.54) is 12.1 Å². The smallest absolute Gasteiger partial charge is 0.262 e. The van der Waals surface area contributed by atoms with Gasteiger partial charge in [-0.1, -0.05) is 0 Å². The van der Waals surface area contributed by atoms with Crippen molar-refractivity contribution in [1.29, 1.82) is 0 Å². The van der Waals surface area contributed by atoms with Crippen LogP contribution in [0.3, 0.4) is 0 Å². The number of aldehydes is 1. The molecule has 2 aromatic carbocycles. The van der Waals surface area contributed by atoms with Crippen LogP contribution in [0.2, 0.25) is 0 Å². The normalized spacial score (nSPS) is 9.96. The Hall–Kier alpha value is -3.35. The second kappa shape index (κ2) is 8.49. The van der Waals surface area contributed by atoms with Gasteiger partial charge in [-0.2, -0.15) is 0 Å². The molecule has 130 valence electrons. The van der Waals surface area contributed by atoms with Crippen LogP contribution in [0, 0.1) is 0 Å². The lowest BCUT2D eigenvalue weighted by Gasteiger charge is -2.12. The fraction of sp³-hybridized carbons (Fsp3) is 0.167. The lowest BCUT2D eigenvalue weighted by molar-refractivity contribution is -0.118. The zero-order valence-electron chi connectivity index (χ0n) is 13.7. The molecule has 2 rings (SSSR count). The summed E-state index contributed by atoms with van der Waals surface area (Å²) in [6.07, 6.45) is 0.703. The maximum absolute atomic E-state index is 12.0. The highest BCUT2D eigenvalue weighted by molar-refractivity contribution is 5.95. The van der Waals surface area contributed by atoms with Crippen LogP contribution in [0.15, 0.2) is 42.5 Å². The standard InChI is InChI=1S/C18H18N2O5/c1-2-24-16-9-12(10-21)3-8-15(16)25-11-17(22)20-14-6-4-13(5-7-14)18(19)23/h3-10H,2,11H2,1H3,(H2,19,23)(H,20,22). The Morgan fingerprint density at radius 1 is 1.08 bits per heavy atom. The minimum atomic E-state index is -0.538. The number of hydrogen-bond acceptors (Lipinski definition) is 5. The molecule has 0 saturated heterocycles. The summed E-state index contributed by atoms with van der Waals surface area (Å²) in [5.41, 5.74) is 6.48. The number of carbonyl (C=O) groups is 3. The van der Waals surface area contributed by atoms with Crippen molar-refractivity contribution in [1.82, 2.24) is 0 Å². The van der Waals surface area contributed by atoms with Gasteiger partial charge in [0.2, 0.25) is 5.91 Å². The molecule has 2 aromatic rings. The molecule has 0 aliphatic carbocycles. The molecule has 0 heterocycles. The maximum Gasteiger partial charge on any atom is 0.262 e. The van der Waals surface area contributed by atoms with E-state index in [1.807, 2.05) is 0 Å². The van der Waals surface area contributed by atoms with Crippen LogP contribution in [0.25, 0.3) is 0 Å². The van der Waals surface area contributed by atoms with Gasteiger partial charge in [-0.05, 0) is 49.4 Å². The average Bonchev–Trinajstić information content (AvgIpc) is 2.61. The summed E-state index contributed by atoms with van der Waals surface area (Å²) >= 11 is 0. The highest BCUT2D eigenvalue weighted by Gasteiger charge is 2.10. The third-order valence-electron chi connectivity index (χ3n) is 3.22. The largest absolute Gasteiger partial charge is 0.490 e. The Bertz CT molecular complexity index is 772. The van der Waals surface area contributed by atoms with Crippen molar-refractivity contribution in [2.45, 2.75) is 6.92 Å². The van der Waals surface area contributed by atoms with Crippen LogP contribution < -0.4 is 20.5 Å². The van der Waals surface area contributed by atoms with Crippen LogP contribution in [-0.2, 0) is 4.79 Å². The number of carbonyl (C=O) groups excluding carboxylic acids is 3. The number of primary amides is 1. The number of anilines is 1. The molecule has 7 nitrogen and oxygen atoms in total. The van der Waals surface area contributed by atoms with Gasteiger partial charge in [-0.25, -0.2) is 0 Å². The molecule has 0 aliphatic heterocycles. The van der Waals surface area contributed by atoms with Gasteiger partial charge in [-0.15, -0.1) is 0 Å². The number of rotatable bonds is 8. The predicted octanol–water partition coefficient (Wildman–Crippen LogP) is 2.01. The van der Waals surface area contributed by atoms with Gasteiger partial charge in [0.05, 0.1) is 6.61 Å². The molecule has 25 heavy (non-hydrogen) atoms. The third-order valence-corrected chi connectivity index (χ3v) is 3.22. The zero-order valence-corrected chi connectivity index (χ0v) is 13.7. The summed E-state index contributed by atoms with van der Waals surface area (Å²) in [5.74, 6) is -0.158. The first kappa shape index (κ1) is 18.0. The predicted molar refractivity (Wildman–Crippen MR) is 92.1 cm³/mol. The van der Waals surface area contributed by atoms with Gasteiger partial charge in [0.1, 0.15) is 6.29 Å². The van der Waals surface area contributed by atoms with E-state index in [9.17, 15) is 14.4 Å². The monoisotopic (exact) mass is 342 g/mol. The summed E-state index contributed by atoms with van der Waals surface area (Å²) < 4.78 is 10.9. The summed E-state index contributed by atoms with van der Waals surface area (Å²) in [6, 6.07) is 10.9. The molecule has 7 heteroatoms. The van der Waals surface area contributed by atoms with Gasteiger partial charge in [-0.3, -0.25) is 14.4 Å². The van der Waals surface area contributed by atoms with E-state index >= 15 is 0 Å². The van der Waals surface area contributed by atoms with E-state index in [-0.39, 0.29) is 12.5 Å². The van der Waals surface area contributed by atoms with Crippen LogP contribution in [0.4, 0.5) is 5.69 Å².